The lowest BCUT2D eigenvalue weighted by molar-refractivity contribution is -0.136. The van der Waals surface area contributed by atoms with E-state index in [0.29, 0.717) is 6.42 Å². The van der Waals surface area contributed by atoms with Gasteiger partial charge in [0.05, 0.1) is 0 Å². The van der Waals surface area contributed by atoms with Crippen molar-refractivity contribution in [3.05, 3.63) is 12.2 Å². The molecule has 0 atom stereocenters. The standard InChI is InChI=1S/C11H18O2/c12-11(13)9-5-4-8-10-6-2-1-3-7-10/h4,8,10H,1-3,5-7,9H2,(H,12,13). The number of hydrogen-bond acceptors (Lipinski definition) is 1. The fourth-order valence-corrected chi connectivity index (χ4v) is 1.82. The van der Waals surface area contributed by atoms with Gasteiger partial charge in [0.25, 0.3) is 0 Å². The van der Waals surface area contributed by atoms with Crippen LogP contribution in [0.2, 0.25) is 0 Å². The molecule has 74 valence electrons. The highest BCUT2D eigenvalue weighted by atomic mass is 16.4. The molecule has 1 aliphatic carbocycles. The van der Waals surface area contributed by atoms with Gasteiger partial charge in [-0.05, 0) is 25.2 Å². The molecule has 0 saturated heterocycles. The summed E-state index contributed by atoms with van der Waals surface area (Å²) in [4.78, 5) is 10.2. The van der Waals surface area contributed by atoms with E-state index in [-0.39, 0.29) is 6.42 Å². The summed E-state index contributed by atoms with van der Waals surface area (Å²) in [6, 6.07) is 0. The zero-order valence-corrected chi connectivity index (χ0v) is 8.04. The summed E-state index contributed by atoms with van der Waals surface area (Å²) in [7, 11) is 0. The Kier molecular flexibility index (Phi) is 4.58. The summed E-state index contributed by atoms with van der Waals surface area (Å²) in [5, 5.41) is 8.42. The predicted molar refractivity (Wildman–Crippen MR) is 52.6 cm³/mol. The molecule has 13 heavy (non-hydrogen) atoms. The molecule has 0 amide bonds. The normalized spacial score (nSPS) is 19.4. The third-order valence-corrected chi connectivity index (χ3v) is 2.58. The van der Waals surface area contributed by atoms with Gasteiger partial charge in [-0.15, -0.1) is 0 Å². The average Bonchev–Trinajstić information content (AvgIpc) is 2.14. The highest BCUT2D eigenvalue weighted by Gasteiger charge is 2.09. The van der Waals surface area contributed by atoms with Crippen molar-refractivity contribution in [2.24, 2.45) is 5.92 Å². The van der Waals surface area contributed by atoms with Crippen molar-refractivity contribution in [1.82, 2.24) is 0 Å². The average molecular weight is 182 g/mol. The molecule has 0 heterocycles. The largest absolute Gasteiger partial charge is 0.481 e. The molecule has 0 aromatic rings. The van der Waals surface area contributed by atoms with Gasteiger partial charge in [-0.2, -0.15) is 0 Å². The molecule has 0 unspecified atom stereocenters. The van der Waals surface area contributed by atoms with Gasteiger partial charge >= 0.3 is 5.97 Å². The van der Waals surface area contributed by atoms with Crippen LogP contribution in [-0.2, 0) is 4.79 Å². The Morgan fingerprint density at radius 3 is 2.62 bits per heavy atom. The molecule has 1 rings (SSSR count). The van der Waals surface area contributed by atoms with Gasteiger partial charge in [0.15, 0.2) is 0 Å². The topological polar surface area (TPSA) is 37.3 Å². The Morgan fingerprint density at radius 1 is 1.31 bits per heavy atom. The van der Waals surface area contributed by atoms with E-state index in [1.807, 2.05) is 6.08 Å². The zero-order valence-electron chi connectivity index (χ0n) is 8.04. The highest BCUT2D eigenvalue weighted by Crippen LogP contribution is 2.24. The first-order valence-electron chi connectivity index (χ1n) is 5.17. The van der Waals surface area contributed by atoms with E-state index >= 15 is 0 Å². The predicted octanol–water partition coefficient (Wildman–Crippen LogP) is 2.99. The van der Waals surface area contributed by atoms with E-state index in [0.717, 1.165) is 5.92 Å². The van der Waals surface area contributed by atoms with Gasteiger partial charge < -0.3 is 5.11 Å². The number of carboxylic acid groups (broad SMARTS) is 1. The Balaban J connectivity index is 2.11. The number of rotatable bonds is 4. The fraction of sp³-hybridized carbons (Fsp3) is 0.727. The van der Waals surface area contributed by atoms with Crippen LogP contribution in [0.4, 0.5) is 0 Å². The molecule has 1 fully saturated rings. The van der Waals surface area contributed by atoms with Crippen molar-refractivity contribution in [2.45, 2.75) is 44.9 Å². The molecule has 0 aliphatic heterocycles. The molecule has 0 bridgehead atoms. The molecule has 1 saturated carbocycles. The van der Waals surface area contributed by atoms with Crippen molar-refractivity contribution >= 4 is 5.97 Å². The van der Waals surface area contributed by atoms with Crippen LogP contribution in [-0.4, -0.2) is 11.1 Å². The van der Waals surface area contributed by atoms with E-state index in [4.69, 9.17) is 5.11 Å². The van der Waals surface area contributed by atoms with Gasteiger partial charge in [-0.3, -0.25) is 4.79 Å². The van der Waals surface area contributed by atoms with E-state index in [1.54, 1.807) is 0 Å². The van der Waals surface area contributed by atoms with Crippen LogP contribution in [0.3, 0.4) is 0 Å². The smallest absolute Gasteiger partial charge is 0.303 e. The van der Waals surface area contributed by atoms with Crippen LogP contribution in [0.25, 0.3) is 0 Å². The lowest BCUT2D eigenvalue weighted by Crippen LogP contribution is -2.02. The highest BCUT2D eigenvalue weighted by molar-refractivity contribution is 5.66. The van der Waals surface area contributed by atoms with Gasteiger partial charge in [0.1, 0.15) is 0 Å². The summed E-state index contributed by atoms with van der Waals surface area (Å²) in [5.41, 5.74) is 0. The van der Waals surface area contributed by atoms with Crippen LogP contribution in [0.5, 0.6) is 0 Å². The Bertz CT molecular complexity index is 179. The second kappa shape index (κ2) is 5.79. The van der Waals surface area contributed by atoms with E-state index in [2.05, 4.69) is 6.08 Å². The van der Waals surface area contributed by atoms with Crippen LogP contribution >= 0.6 is 0 Å². The van der Waals surface area contributed by atoms with Crippen molar-refractivity contribution in [3.63, 3.8) is 0 Å². The maximum atomic E-state index is 10.2. The third-order valence-electron chi connectivity index (χ3n) is 2.58. The SMILES string of the molecule is O=C(O)CCC=CC1CCCCC1. The van der Waals surface area contributed by atoms with E-state index in [9.17, 15) is 4.79 Å². The Hall–Kier alpha value is -0.790. The van der Waals surface area contributed by atoms with Gasteiger partial charge in [0.2, 0.25) is 0 Å². The molecule has 1 aliphatic rings. The number of carboxylic acids is 1. The summed E-state index contributed by atoms with van der Waals surface area (Å²) in [6.45, 7) is 0. The van der Waals surface area contributed by atoms with Crippen LogP contribution in [0.15, 0.2) is 12.2 Å². The minimum absolute atomic E-state index is 0.267. The van der Waals surface area contributed by atoms with Gasteiger partial charge in [-0.1, -0.05) is 31.4 Å². The van der Waals surface area contributed by atoms with Gasteiger partial charge in [-0.25, -0.2) is 0 Å². The van der Waals surface area contributed by atoms with Crippen molar-refractivity contribution in [1.29, 1.82) is 0 Å². The molecule has 0 radical (unpaired) electrons. The van der Waals surface area contributed by atoms with Gasteiger partial charge in [0, 0.05) is 6.42 Å². The second-order valence-corrected chi connectivity index (χ2v) is 3.76. The molecule has 0 aromatic heterocycles. The molecule has 0 spiro atoms. The Morgan fingerprint density at radius 2 is 2.00 bits per heavy atom. The maximum Gasteiger partial charge on any atom is 0.303 e. The molecular formula is C11H18O2. The van der Waals surface area contributed by atoms with Crippen LogP contribution < -0.4 is 0 Å². The lowest BCUT2D eigenvalue weighted by atomic mass is 9.89. The summed E-state index contributed by atoms with van der Waals surface area (Å²) in [5.74, 6) is 0.0239. The van der Waals surface area contributed by atoms with Crippen LogP contribution in [0.1, 0.15) is 44.9 Å². The monoisotopic (exact) mass is 182 g/mol. The van der Waals surface area contributed by atoms with Crippen LogP contribution in [0, 0.1) is 5.92 Å². The number of allylic oxidation sites excluding steroid dienone is 2. The van der Waals surface area contributed by atoms with Crippen molar-refractivity contribution in [3.8, 4) is 0 Å². The minimum Gasteiger partial charge on any atom is -0.481 e. The fourth-order valence-electron chi connectivity index (χ4n) is 1.82. The van der Waals surface area contributed by atoms with Crippen molar-refractivity contribution in [2.75, 3.05) is 0 Å². The first-order chi connectivity index (χ1) is 6.29. The summed E-state index contributed by atoms with van der Waals surface area (Å²) < 4.78 is 0. The van der Waals surface area contributed by atoms with Crippen molar-refractivity contribution < 1.29 is 9.90 Å². The van der Waals surface area contributed by atoms with E-state index in [1.165, 1.54) is 32.1 Å². The quantitative estimate of drug-likeness (QED) is 0.678. The first-order valence-corrected chi connectivity index (χ1v) is 5.17. The molecule has 0 aromatic carbocycles. The summed E-state index contributed by atoms with van der Waals surface area (Å²) >= 11 is 0. The lowest BCUT2D eigenvalue weighted by Gasteiger charge is -2.17. The third kappa shape index (κ3) is 4.71. The Labute approximate surface area is 79.6 Å². The maximum absolute atomic E-state index is 10.2. The number of aliphatic carboxylic acids is 1. The minimum atomic E-state index is -0.701. The first kappa shape index (κ1) is 10.3. The molecule has 2 nitrogen and oxygen atoms in total. The summed E-state index contributed by atoms with van der Waals surface area (Å²) in [6.07, 6.45) is 11.8. The van der Waals surface area contributed by atoms with E-state index < -0.39 is 5.97 Å². The number of carbonyl (C=O) groups is 1. The number of hydrogen-bond donors (Lipinski definition) is 1. The molecule has 1 N–H and O–H groups in total. The second-order valence-electron chi connectivity index (χ2n) is 3.76. The molecule has 2 heteroatoms. The molecular weight excluding hydrogens is 164 g/mol. The zero-order chi connectivity index (χ0) is 9.52.